The second kappa shape index (κ2) is 5.09. The Balaban J connectivity index is 2.82. The van der Waals surface area contributed by atoms with Crippen molar-refractivity contribution in [3.8, 4) is 0 Å². The van der Waals surface area contributed by atoms with Crippen molar-refractivity contribution in [1.29, 1.82) is 0 Å². The Morgan fingerprint density at radius 3 is 2.56 bits per heavy atom. The molecule has 1 aromatic carbocycles. The highest BCUT2D eigenvalue weighted by atomic mass is 16.3. The van der Waals surface area contributed by atoms with Crippen LogP contribution in [0.2, 0.25) is 0 Å². The summed E-state index contributed by atoms with van der Waals surface area (Å²) in [4.78, 5) is 11.9. The molecule has 0 aliphatic rings. The van der Waals surface area contributed by atoms with E-state index in [2.05, 4.69) is 5.32 Å². The number of rotatable bonds is 4. The normalized spacial score (nSPS) is 16.2. The first-order chi connectivity index (χ1) is 7.48. The minimum atomic E-state index is -1.08. The number of aliphatic hydroxyl groups excluding tert-OH is 1. The van der Waals surface area contributed by atoms with E-state index >= 15 is 0 Å². The van der Waals surface area contributed by atoms with Crippen LogP contribution in [0.3, 0.4) is 0 Å². The lowest BCUT2D eigenvalue weighted by atomic mass is 9.92. The molecule has 0 saturated carbocycles. The van der Waals surface area contributed by atoms with Crippen LogP contribution in [0.4, 0.5) is 0 Å². The van der Waals surface area contributed by atoms with Gasteiger partial charge in [0.25, 0.3) is 0 Å². The number of aliphatic hydroxyl groups is 1. The van der Waals surface area contributed by atoms with Gasteiger partial charge in [-0.15, -0.1) is 0 Å². The monoisotopic (exact) mass is 222 g/mol. The zero-order valence-electron chi connectivity index (χ0n) is 9.60. The molecule has 0 aliphatic heterocycles. The number of carbonyl (C=O) groups is 1. The van der Waals surface area contributed by atoms with Gasteiger partial charge in [0.05, 0.1) is 6.61 Å². The van der Waals surface area contributed by atoms with Gasteiger partial charge in [0.2, 0.25) is 5.91 Å². The highest BCUT2D eigenvalue weighted by Gasteiger charge is 2.30. The Labute approximate surface area is 95.5 Å². The predicted octanol–water partition coefficient (Wildman–Crippen LogP) is 0.358. The van der Waals surface area contributed by atoms with E-state index in [9.17, 15) is 4.79 Å². The fraction of sp³-hybridized carbons (Fsp3) is 0.417. The van der Waals surface area contributed by atoms with E-state index in [0.29, 0.717) is 0 Å². The van der Waals surface area contributed by atoms with Gasteiger partial charge in [0.15, 0.2) is 0 Å². The van der Waals surface area contributed by atoms with Gasteiger partial charge in [-0.05, 0) is 19.4 Å². The van der Waals surface area contributed by atoms with Gasteiger partial charge in [-0.3, -0.25) is 4.79 Å². The maximum absolute atomic E-state index is 11.9. The molecule has 0 saturated heterocycles. The van der Waals surface area contributed by atoms with Crippen LogP contribution in [0, 0.1) is 0 Å². The predicted molar refractivity (Wildman–Crippen MR) is 62.7 cm³/mol. The molecule has 88 valence electrons. The fourth-order valence-electron chi connectivity index (χ4n) is 1.33. The van der Waals surface area contributed by atoms with Gasteiger partial charge in [-0.2, -0.15) is 0 Å². The highest BCUT2D eigenvalue weighted by Crippen LogP contribution is 2.17. The summed E-state index contributed by atoms with van der Waals surface area (Å²) in [7, 11) is 0. The number of hydrogen-bond donors (Lipinski definition) is 3. The number of amides is 1. The first kappa shape index (κ1) is 12.7. The largest absolute Gasteiger partial charge is 0.394 e. The number of nitrogens with one attached hydrogen (secondary N) is 1. The summed E-state index contributed by atoms with van der Waals surface area (Å²) in [6.45, 7) is 3.28. The minimum absolute atomic E-state index is 0.101. The van der Waals surface area contributed by atoms with Gasteiger partial charge < -0.3 is 16.2 Å². The lowest BCUT2D eigenvalue weighted by Crippen LogP contribution is -2.52. The Kier molecular flexibility index (Phi) is 4.04. The van der Waals surface area contributed by atoms with E-state index in [-0.39, 0.29) is 18.6 Å². The van der Waals surface area contributed by atoms with Crippen LogP contribution < -0.4 is 11.1 Å². The van der Waals surface area contributed by atoms with Crippen molar-refractivity contribution < 1.29 is 9.90 Å². The molecule has 1 rings (SSSR count). The van der Waals surface area contributed by atoms with Crippen molar-refractivity contribution >= 4 is 5.91 Å². The summed E-state index contributed by atoms with van der Waals surface area (Å²) >= 11 is 0. The molecule has 0 fully saturated rings. The van der Waals surface area contributed by atoms with Crippen LogP contribution >= 0.6 is 0 Å². The fourth-order valence-corrected chi connectivity index (χ4v) is 1.33. The number of benzene rings is 1. The molecule has 1 aromatic rings. The topological polar surface area (TPSA) is 75.3 Å². The van der Waals surface area contributed by atoms with Gasteiger partial charge in [0.1, 0.15) is 5.54 Å². The van der Waals surface area contributed by atoms with Crippen molar-refractivity contribution in [3.63, 3.8) is 0 Å². The van der Waals surface area contributed by atoms with E-state index in [1.54, 1.807) is 13.8 Å². The molecule has 4 nitrogen and oxygen atoms in total. The van der Waals surface area contributed by atoms with Crippen LogP contribution in [0.5, 0.6) is 0 Å². The van der Waals surface area contributed by atoms with Crippen molar-refractivity contribution in [2.75, 3.05) is 6.61 Å². The third-order valence-electron chi connectivity index (χ3n) is 2.50. The summed E-state index contributed by atoms with van der Waals surface area (Å²) in [5.74, 6) is -0.291. The van der Waals surface area contributed by atoms with Gasteiger partial charge in [-0.25, -0.2) is 0 Å². The summed E-state index contributed by atoms with van der Waals surface area (Å²) < 4.78 is 0. The summed E-state index contributed by atoms with van der Waals surface area (Å²) in [6, 6.07) is 8.87. The van der Waals surface area contributed by atoms with E-state index in [1.165, 1.54) is 0 Å². The molecule has 0 radical (unpaired) electrons. The van der Waals surface area contributed by atoms with Crippen molar-refractivity contribution in [2.24, 2.45) is 5.73 Å². The summed E-state index contributed by atoms with van der Waals surface area (Å²) in [6.07, 6.45) is 0. The lowest BCUT2D eigenvalue weighted by molar-refractivity contribution is -0.127. The van der Waals surface area contributed by atoms with E-state index in [0.717, 1.165) is 5.56 Å². The molecule has 4 N–H and O–H groups in total. The smallest absolute Gasteiger partial charge is 0.244 e. The molecule has 4 heteroatoms. The first-order valence-corrected chi connectivity index (χ1v) is 5.24. The standard InChI is InChI=1S/C12H18N2O2/c1-9(8-15)14-11(16)12(2,13)10-6-4-3-5-7-10/h3-7,9,15H,8,13H2,1-2H3,(H,14,16)/t9-,12?/m1/s1. The Morgan fingerprint density at radius 1 is 1.50 bits per heavy atom. The average Bonchev–Trinajstić information content (AvgIpc) is 2.29. The Bertz CT molecular complexity index is 349. The minimum Gasteiger partial charge on any atom is -0.394 e. The van der Waals surface area contributed by atoms with Crippen molar-refractivity contribution in [1.82, 2.24) is 5.32 Å². The molecule has 0 aliphatic carbocycles. The molecule has 1 amide bonds. The highest BCUT2D eigenvalue weighted by molar-refractivity contribution is 5.87. The van der Waals surface area contributed by atoms with Crippen LogP contribution in [-0.4, -0.2) is 23.7 Å². The third kappa shape index (κ3) is 2.81. The summed E-state index contributed by atoms with van der Waals surface area (Å²) in [5, 5.41) is 11.5. The second-order valence-electron chi connectivity index (χ2n) is 4.13. The first-order valence-electron chi connectivity index (χ1n) is 5.24. The van der Waals surface area contributed by atoms with Crippen LogP contribution in [0.1, 0.15) is 19.4 Å². The van der Waals surface area contributed by atoms with Crippen LogP contribution in [0.15, 0.2) is 30.3 Å². The van der Waals surface area contributed by atoms with Crippen LogP contribution in [0.25, 0.3) is 0 Å². The molecule has 16 heavy (non-hydrogen) atoms. The summed E-state index contributed by atoms with van der Waals surface area (Å²) in [5.41, 5.74) is 5.66. The van der Waals surface area contributed by atoms with E-state index in [1.807, 2.05) is 30.3 Å². The second-order valence-corrected chi connectivity index (χ2v) is 4.13. The number of nitrogens with two attached hydrogens (primary N) is 1. The molecular formula is C12H18N2O2. The van der Waals surface area contributed by atoms with Crippen LogP contribution in [-0.2, 0) is 10.3 Å². The lowest BCUT2D eigenvalue weighted by Gasteiger charge is -2.25. The van der Waals surface area contributed by atoms with E-state index in [4.69, 9.17) is 10.8 Å². The Hall–Kier alpha value is -1.39. The third-order valence-corrected chi connectivity index (χ3v) is 2.50. The molecule has 0 spiro atoms. The maximum Gasteiger partial charge on any atom is 0.244 e. The average molecular weight is 222 g/mol. The Morgan fingerprint density at radius 2 is 2.06 bits per heavy atom. The number of carbonyl (C=O) groups excluding carboxylic acids is 1. The molecule has 0 aromatic heterocycles. The molecule has 0 bridgehead atoms. The molecular weight excluding hydrogens is 204 g/mol. The van der Waals surface area contributed by atoms with E-state index < -0.39 is 5.54 Å². The van der Waals surface area contributed by atoms with Crippen molar-refractivity contribution in [3.05, 3.63) is 35.9 Å². The quantitative estimate of drug-likeness (QED) is 0.688. The molecule has 1 unspecified atom stereocenters. The van der Waals surface area contributed by atoms with Crippen molar-refractivity contribution in [2.45, 2.75) is 25.4 Å². The van der Waals surface area contributed by atoms with Gasteiger partial charge >= 0.3 is 0 Å². The molecule has 2 atom stereocenters. The zero-order chi connectivity index (χ0) is 12.2. The number of hydrogen-bond acceptors (Lipinski definition) is 3. The SMILES string of the molecule is C[C@H](CO)NC(=O)C(C)(N)c1ccccc1. The molecule has 0 heterocycles. The maximum atomic E-state index is 11.9. The van der Waals surface area contributed by atoms with Gasteiger partial charge in [0, 0.05) is 6.04 Å². The zero-order valence-corrected chi connectivity index (χ0v) is 9.60. The van der Waals surface area contributed by atoms with Gasteiger partial charge in [-0.1, -0.05) is 30.3 Å².